The molecule has 0 aromatic heterocycles. The summed E-state index contributed by atoms with van der Waals surface area (Å²) in [4.78, 5) is 0. The maximum absolute atomic E-state index is 5.98. The van der Waals surface area contributed by atoms with Gasteiger partial charge in [0.25, 0.3) is 0 Å². The highest BCUT2D eigenvalue weighted by Gasteiger charge is 2.25. The fourth-order valence-electron chi connectivity index (χ4n) is 2.52. The lowest BCUT2D eigenvalue weighted by molar-refractivity contribution is 0.489. The summed E-state index contributed by atoms with van der Waals surface area (Å²) < 4.78 is 0.963. The summed E-state index contributed by atoms with van der Waals surface area (Å²) in [5, 5.41) is 4.39. The Labute approximate surface area is 111 Å². The van der Waals surface area contributed by atoms with Gasteiger partial charge in [-0.15, -0.1) is 0 Å². The molecule has 1 aromatic carbocycles. The molecular weight excluding hydrogens is 286 g/mol. The van der Waals surface area contributed by atoms with Crippen molar-refractivity contribution in [1.29, 1.82) is 0 Å². The van der Waals surface area contributed by atoms with Crippen LogP contribution in [0.4, 0.5) is 5.69 Å². The first-order valence-corrected chi connectivity index (χ1v) is 7.09. The predicted molar refractivity (Wildman–Crippen MR) is 74.2 cm³/mol. The lowest BCUT2D eigenvalue weighted by Gasteiger charge is -2.21. The van der Waals surface area contributed by atoms with Gasteiger partial charge in [0.2, 0.25) is 0 Å². The van der Waals surface area contributed by atoms with E-state index in [-0.39, 0.29) is 0 Å². The highest BCUT2D eigenvalue weighted by atomic mass is 79.9. The van der Waals surface area contributed by atoms with Gasteiger partial charge in [-0.1, -0.05) is 31.4 Å². The molecule has 2 unspecified atom stereocenters. The second-order valence-electron chi connectivity index (χ2n) is 4.48. The molecular formula is C13H17BrClN. The Kier molecular flexibility index (Phi) is 4.15. The largest absolute Gasteiger partial charge is 0.382 e. The summed E-state index contributed by atoms with van der Waals surface area (Å²) in [6.45, 7) is 2.28. The zero-order valence-corrected chi connectivity index (χ0v) is 11.8. The number of benzene rings is 1. The van der Waals surface area contributed by atoms with Crippen LogP contribution in [0, 0.1) is 5.92 Å². The van der Waals surface area contributed by atoms with E-state index in [9.17, 15) is 0 Å². The summed E-state index contributed by atoms with van der Waals surface area (Å²) in [5.74, 6) is 0.828. The second-order valence-corrected chi connectivity index (χ2v) is 5.74. The van der Waals surface area contributed by atoms with Crippen LogP contribution in [0.1, 0.15) is 32.6 Å². The van der Waals surface area contributed by atoms with Crippen LogP contribution in [0.15, 0.2) is 22.7 Å². The van der Waals surface area contributed by atoms with Crippen molar-refractivity contribution in [3.05, 3.63) is 27.7 Å². The number of hydrogen-bond donors (Lipinski definition) is 1. The van der Waals surface area contributed by atoms with E-state index in [1.807, 2.05) is 6.07 Å². The molecule has 16 heavy (non-hydrogen) atoms. The molecule has 3 heteroatoms. The van der Waals surface area contributed by atoms with Crippen molar-refractivity contribution in [3.8, 4) is 0 Å². The molecule has 0 saturated heterocycles. The molecule has 1 aliphatic carbocycles. The van der Waals surface area contributed by atoms with Crippen LogP contribution in [-0.4, -0.2) is 6.04 Å². The van der Waals surface area contributed by atoms with Crippen molar-refractivity contribution in [1.82, 2.24) is 0 Å². The maximum Gasteiger partial charge on any atom is 0.0549 e. The van der Waals surface area contributed by atoms with Gasteiger partial charge in [0.15, 0.2) is 0 Å². The van der Waals surface area contributed by atoms with Crippen LogP contribution in [0.25, 0.3) is 0 Å². The Morgan fingerprint density at radius 2 is 2.25 bits per heavy atom. The topological polar surface area (TPSA) is 12.0 Å². The normalized spacial score (nSPS) is 24.7. The van der Waals surface area contributed by atoms with Crippen molar-refractivity contribution < 1.29 is 0 Å². The van der Waals surface area contributed by atoms with Crippen molar-refractivity contribution in [2.24, 2.45) is 5.92 Å². The van der Waals surface area contributed by atoms with Gasteiger partial charge in [-0.25, -0.2) is 0 Å². The molecule has 0 heterocycles. The van der Waals surface area contributed by atoms with Crippen molar-refractivity contribution in [2.45, 2.75) is 38.6 Å². The van der Waals surface area contributed by atoms with Gasteiger partial charge in [-0.3, -0.25) is 0 Å². The van der Waals surface area contributed by atoms with Crippen molar-refractivity contribution >= 4 is 33.2 Å². The number of nitrogens with one attached hydrogen (secondary N) is 1. The van der Waals surface area contributed by atoms with E-state index in [1.165, 1.54) is 31.4 Å². The third kappa shape index (κ3) is 2.72. The van der Waals surface area contributed by atoms with Crippen LogP contribution in [0.3, 0.4) is 0 Å². The second kappa shape index (κ2) is 5.42. The molecule has 0 aliphatic heterocycles. The minimum atomic E-state index is 0.637. The van der Waals surface area contributed by atoms with Crippen LogP contribution >= 0.6 is 27.5 Å². The molecule has 1 nitrogen and oxygen atoms in total. The lowest BCUT2D eigenvalue weighted by Crippen LogP contribution is -2.23. The fraction of sp³-hybridized carbons (Fsp3) is 0.538. The van der Waals surface area contributed by atoms with E-state index in [0.29, 0.717) is 6.04 Å². The van der Waals surface area contributed by atoms with E-state index in [1.54, 1.807) is 0 Å². The minimum Gasteiger partial charge on any atom is -0.382 e. The van der Waals surface area contributed by atoms with Gasteiger partial charge >= 0.3 is 0 Å². The molecule has 2 atom stereocenters. The molecule has 0 bridgehead atoms. The average molecular weight is 303 g/mol. The Morgan fingerprint density at radius 1 is 1.44 bits per heavy atom. The quantitative estimate of drug-likeness (QED) is 0.819. The SMILES string of the molecule is CCC1CCCC1Nc1ccc(Cl)c(Br)c1. The molecule has 1 N–H and O–H groups in total. The van der Waals surface area contributed by atoms with Crippen LogP contribution in [0.2, 0.25) is 5.02 Å². The summed E-state index contributed by atoms with van der Waals surface area (Å²) in [6, 6.07) is 6.69. The molecule has 1 aromatic rings. The molecule has 0 spiro atoms. The number of rotatable bonds is 3. The van der Waals surface area contributed by atoms with Crippen LogP contribution in [-0.2, 0) is 0 Å². The molecule has 1 saturated carbocycles. The Balaban J connectivity index is 2.05. The Bertz CT molecular complexity index is 367. The molecule has 1 aliphatic rings. The van der Waals surface area contributed by atoms with Gasteiger partial charge in [0.1, 0.15) is 0 Å². The lowest BCUT2D eigenvalue weighted by atomic mass is 10.0. The summed E-state index contributed by atoms with van der Waals surface area (Å²) in [7, 11) is 0. The minimum absolute atomic E-state index is 0.637. The zero-order valence-electron chi connectivity index (χ0n) is 9.47. The maximum atomic E-state index is 5.98. The summed E-state index contributed by atoms with van der Waals surface area (Å²) in [5.41, 5.74) is 1.17. The number of anilines is 1. The van der Waals surface area contributed by atoms with Gasteiger partial charge in [0.05, 0.1) is 5.02 Å². The van der Waals surface area contributed by atoms with E-state index >= 15 is 0 Å². The zero-order chi connectivity index (χ0) is 11.5. The monoisotopic (exact) mass is 301 g/mol. The van der Waals surface area contributed by atoms with E-state index in [4.69, 9.17) is 11.6 Å². The first-order valence-electron chi connectivity index (χ1n) is 5.92. The van der Waals surface area contributed by atoms with Gasteiger partial charge in [-0.05, 0) is 52.9 Å². The van der Waals surface area contributed by atoms with Gasteiger partial charge < -0.3 is 5.32 Å². The molecule has 0 radical (unpaired) electrons. The standard InChI is InChI=1S/C13H17BrClN/c1-2-9-4-3-5-13(9)16-10-6-7-12(15)11(14)8-10/h6-9,13,16H,2-5H2,1H3. The summed E-state index contributed by atoms with van der Waals surface area (Å²) in [6.07, 6.45) is 5.28. The molecule has 88 valence electrons. The van der Waals surface area contributed by atoms with Crippen molar-refractivity contribution in [3.63, 3.8) is 0 Å². The van der Waals surface area contributed by atoms with Crippen molar-refractivity contribution in [2.75, 3.05) is 5.32 Å². The Hall–Kier alpha value is -0.210. The first kappa shape index (κ1) is 12.3. The Morgan fingerprint density at radius 3 is 2.94 bits per heavy atom. The summed E-state index contributed by atoms with van der Waals surface area (Å²) >= 11 is 9.43. The van der Waals surface area contributed by atoms with E-state index < -0.39 is 0 Å². The molecule has 1 fully saturated rings. The van der Waals surface area contributed by atoms with E-state index in [0.717, 1.165) is 15.4 Å². The number of hydrogen-bond acceptors (Lipinski definition) is 1. The molecule has 2 rings (SSSR count). The smallest absolute Gasteiger partial charge is 0.0549 e. The van der Waals surface area contributed by atoms with Crippen LogP contribution < -0.4 is 5.32 Å². The fourth-order valence-corrected chi connectivity index (χ4v) is 3.01. The average Bonchev–Trinajstić information content (AvgIpc) is 2.71. The highest BCUT2D eigenvalue weighted by molar-refractivity contribution is 9.10. The number of halogens is 2. The third-order valence-corrected chi connectivity index (χ3v) is 4.67. The van der Waals surface area contributed by atoms with Crippen LogP contribution in [0.5, 0.6) is 0 Å². The third-order valence-electron chi connectivity index (χ3n) is 3.46. The van der Waals surface area contributed by atoms with E-state index in [2.05, 4.69) is 40.3 Å². The van der Waals surface area contributed by atoms with Gasteiger partial charge in [-0.2, -0.15) is 0 Å². The first-order chi connectivity index (χ1) is 7.70. The predicted octanol–water partition coefficient (Wildman–Crippen LogP) is 5.09. The molecule has 0 amide bonds. The highest BCUT2D eigenvalue weighted by Crippen LogP contribution is 2.32. The van der Waals surface area contributed by atoms with Gasteiger partial charge in [0, 0.05) is 16.2 Å².